The quantitative estimate of drug-likeness (QED) is 0.402. The number of nitrogens with zero attached hydrogens (tertiary/aromatic N) is 2. The number of amides is 4. The molecule has 196 valence electrons. The Morgan fingerprint density at radius 2 is 1.70 bits per heavy atom. The van der Waals surface area contributed by atoms with Gasteiger partial charge in [0.25, 0.3) is 17.7 Å². The number of ether oxygens (including phenoxy) is 2. The van der Waals surface area contributed by atoms with Crippen LogP contribution in [0.3, 0.4) is 0 Å². The van der Waals surface area contributed by atoms with Crippen LogP contribution in [0.4, 0.5) is 4.79 Å². The van der Waals surface area contributed by atoms with Gasteiger partial charge in [-0.3, -0.25) is 19.3 Å². The van der Waals surface area contributed by atoms with Gasteiger partial charge in [0.2, 0.25) is 0 Å². The van der Waals surface area contributed by atoms with Crippen molar-refractivity contribution < 1.29 is 38.6 Å². The molecule has 1 heterocycles. The molecule has 4 amide bonds. The van der Waals surface area contributed by atoms with E-state index in [2.05, 4.69) is 0 Å². The first kappa shape index (κ1) is 27.5. The molecule has 0 aromatic heterocycles. The zero-order valence-electron chi connectivity index (χ0n) is 21.2. The second-order valence-corrected chi connectivity index (χ2v) is 9.56. The summed E-state index contributed by atoms with van der Waals surface area (Å²) in [4.78, 5) is 65.1. The van der Waals surface area contributed by atoms with Crippen LogP contribution in [0.5, 0.6) is 5.75 Å². The number of aliphatic hydroxyl groups excluding tert-OH is 1. The van der Waals surface area contributed by atoms with Crippen molar-refractivity contribution in [1.29, 1.82) is 0 Å². The molecular formula is C27H30N2O8. The van der Waals surface area contributed by atoms with E-state index in [1.807, 2.05) is 0 Å². The summed E-state index contributed by atoms with van der Waals surface area (Å²) in [6.45, 7) is 4.92. The second-order valence-electron chi connectivity index (χ2n) is 9.56. The number of carbonyl (C=O) groups excluding carboxylic acids is 5. The summed E-state index contributed by atoms with van der Waals surface area (Å²) in [5, 5.41) is 9.20. The summed E-state index contributed by atoms with van der Waals surface area (Å²) in [5.41, 5.74) is 0.708. The Morgan fingerprint density at radius 1 is 1.05 bits per heavy atom. The van der Waals surface area contributed by atoms with Gasteiger partial charge < -0.3 is 19.4 Å². The number of aliphatic hydroxyl groups is 1. The summed E-state index contributed by atoms with van der Waals surface area (Å²) in [6, 6.07) is 10.2. The number of carbonyl (C=O) groups is 5. The van der Waals surface area contributed by atoms with Gasteiger partial charge in [0, 0.05) is 13.5 Å². The molecule has 1 unspecified atom stereocenters. The fraction of sp³-hybridized carbons (Fsp3) is 0.370. The summed E-state index contributed by atoms with van der Waals surface area (Å²) in [5.74, 6) is -2.17. The van der Waals surface area contributed by atoms with Crippen molar-refractivity contribution in [2.45, 2.75) is 58.5 Å². The van der Waals surface area contributed by atoms with Crippen LogP contribution in [-0.2, 0) is 27.5 Å². The highest BCUT2D eigenvalue weighted by Gasteiger charge is 2.46. The number of fused-ring (bicyclic) bond motifs is 1. The van der Waals surface area contributed by atoms with Gasteiger partial charge in [-0.05, 0) is 50.5 Å². The average Bonchev–Trinajstić information content (AvgIpc) is 3.12. The molecule has 0 aliphatic carbocycles. The minimum absolute atomic E-state index is 0.00306. The number of imide groups is 2. The van der Waals surface area contributed by atoms with E-state index in [0.29, 0.717) is 11.2 Å². The summed E-state index contributed by atoms with van der Waals surface area (Å²) >= 11 is 0. The van der Waals surface area contributed by atoms with Crippen LogP contribution in [0.1, 0.15) is 65.5 Å². The van der Waals surface area contributed by atoms with Crippen LogP contribution in [-0.4, -0.2) is 63.7 Å². The van der Waals surface area contributed by atoms with Gasteiger partial charge in [0.1, 0.15) is 30.3 Å². The average molecular weight is 511 g/mol. The van der Waals surface area contributed by atoms with Crippen molar-refractivity contribution in [1.82, 2.24) is 9.80 Å². The van der Waals surface area contributed by atoms with Crippen LogP contribution < -0.4 is 4.74 Å². The molecule has 0 spiro atoms. The van der Waals surface area contributed by atoms with Crippen LogP contribution in [0, 0.1) is 0 Å². The Hall–Kier alpha value is -4.05. The highest BCUT2D eigenvalue weighted by atomic mass is 16.6. The Balaban J connectivity index is 1.87. The zero-order chi connectivity index (χ0) is 27.3. The molecule has 10 nitrogen and oxygen atoms in total. The predicted molar refractivity (Wildman–Crippen MR) is 132 cm³/mol. The highest BCUT2D eigenvalue weighted by Crippen LogP contribution is 2.34. The molecule has 0 saturated carbocycles. The van der Waals surface area contributed by atoms with Gasteiger partial charge in [-0.25, -0.2) is 9.69 Å². The molecule has 1 N–H and O–H groups in total. The number of aldehydes is 1. The summed E-state index contributed by atoms with van der Waals surface area (Å²) in [7, 11) is 1.19. The molecule has 2 aromatic carbocycles. The molecule has 0 saturated heterocycles. The lowest BCUT2D eigenvalue weighted by Crippen LogP contribution is -2.52. The van der Waals surface area contributed by atoms with Crippen LogP contribution >= 0.6 is 0 Å². The third-order valence-electron chi connectivity index (χ3n) is 5.66. The first-order valence-corrected chi connectivity index (χ1v) is 11.7. The fourth-order valence-electron chi connectivity index (χ4n) is 3.81. The lowest BCUT2D eigenvalue weighted by molar-refractivity contribution is -0.133. The number of hydrogen-bond acceptors (Lipinski definition) is 8. The molecule has 1 atom stereocenters. The Labute approximate surface area is 214 Å². The normalized spacial score (nSPS) is 13.7. The van der Waals surface area contributed by atoms with Crippen molar-refractivity contribution in [2.75, 3.05) is 7.05 Å². The van der Waals surface area contributed by atoms with Crippen LogP contribution in [0.2, 0.25) is 0 Å². The molecule has 1 aliphatic heterocycles. The van der Waals surface area contributed by atoms with Gasteiger partial charge in [-0.2, -0.15) is 0 Å². The Bertz CT molecular complexity index is 1200. The first-order chi connectivity index (χ1) is 17.5. The summed E-state index contributed by atoms with van der Waals surface area (Å²) in [6.07, 6.45) is -0.641. The van der Waals surface area contributed by atoms with Crippen molar-refractivity contribution >= 4 is 30.1 Å². The van der Waals surface area contributed by atoms with Gasteiger partial charge in [0.05, 0.1) is 17.7 Å². The van der Waals surface area contributed by atoms with Crippen LogP contribution in [0.15, 0.2) is 42.5 Å². The third-order valence-corrected chi connectivity index (χ3v) is 5.66. The standard InChI is InChI=1S/C27H30N2O8/c1-27(2,3)37-26(35)28(4)24(33)20(8-6-14-30)29-23(32)19-7-5-9-21(22(19)25(29)34)36-16-18-12-10-17(15-31)11-13-18/h5,7,9-14,20,31H,6,8,15-16H2,1-4H3. The molecule has 0 radical (unpaired) electrons. The number of benzene rings is 2. The molecule has 0 bridgehead atoms. The molecule has 37 heavy (non-hydrogen) atoms. The third kappa shape index (κ3) is 6.21. The van der Waals surface area contributed by atoms with E-state index in [0.717, 1.165) is 16.0 Å². The molecular weight excluding hydrogens is 480 g/mol. The number of likely N-dealkylation sites (N-methyl/N-ethyl adjacent to an activating group) is 1. The van der Waals surface area contributed by atoms with E-state index in [9.17, 15) is 29.1 Å². The summed E-state index contributed by atoms with van der Waals surface area (Å²) < 4.78 is 11.1. The lowest BCUT2D eigenvalue weighted by atomic mass is 10.1. The number of hydrogen-bond donors (Lipinski definition) is 1. The molecule has 0 fully saturated rings. The van der Waals surface area contributed by atoms with Crippen molar-refractivity contribution in [3.63, 3.8) is 0 Å². The van der Waals surface area contributed by atoms with E-state index in [1.165, 1.54) is 13.1 Å². The van der Waals surface area contributed by atoms with Gasteiger partial charge in [0.15, 0.2) is 0 Å². The molecule has 3 rings (SSSR count). The fourth-order valence-corrected chi connectivity index (χ4v) is 3.81. The van der Waals surface area contributed by atoms with E-state index in [1.54, 1.807) is 57.2 Å². The van der Waals surface area contributed by atoms with Crippen molar-refractivity contribution in [3.05, 3.63) is 64.7 Å². The van der Waals surface area contributed by atoms with E-state index < -0.39 is 35.5 Å². The smallest absolute Gasteiger partial charge is 0.416 e. The monoisotopic (exact) mass is 510 g/mol. The van der Waals surface area contributed by atoms with E-state index >= 15 is 0 Å². The van der Waals surface area contributed by atoms with Crippen molar-refractivity contribution in [2.24, 2.45) is 0 Å². The number of rotatable bonds is 9. The zero-order valence-corrected chi connectivity index (χ0v) is 21.2. The highest BCUT2D eigenvalue weighted by molar-refractivity contribution is 6.24. The molecule has 10 heteroatoms. The van der Waals surface area contributed by atoms with E-state index in [4.69, 9.17) is 9.47 Å². The minimum Gasteiger partial charge on any atom is -0.488 e. The Morgan fingerprint density at radius 3 is 2.30 bits per heavy atom. The second kappa shape index (κ2) is 11.3. The maximum Gasteiger partial charge on any atom is 0.416 e. The largest absolute Gasteiger partial charge is 0.488 e. The SMILES string of the molecule is CN(C(=O)OC(C)(C)C)C(=O)C(CCC=O)N1C(=O)c2cccc(OCc3ccc(CO)cc3)c2C1=O. The minimum atomic E-state index is -1.39. The first-order valence-electron chi connectivity index (χ1n) is 11.7. The topological polar surface area (TPSA) is 131 Å². The maximum atomic E-state index is 13.5. The molecule has 1 aliphatic rings. The lowest BCUT2D eigenvalue weighted by Gasteiger charge is -2.29. The predicted octanol–water partition coefficient (Wildman–Crippen LogP) is 3.10. The maximum absolute atomic E-state index is 13.5. The Kier molecular flexibility index (Phi) is 8.44. The van der Waals surface area contributed by atoms with Gasteiger partial charge in [-0.1, -0.05) is 30.3 Å². The van der Waals surface area contributed by atoms with Gasteiger partial charge >= 0.3 is 6.09 Å². The van der Waals surface area contributed by atoms with Crippen molar-refractivity contribution in [3.8, 4) is 5.75 Å². The molecule has 2 aromatic rings. The van der Waals surface area contributed by atoms with Crippen LogP contribution in [0.25, 0.3) is 0 Å². The van der Waals surface area contributed by atoms with E-state index in [-0.39, 0.29) is 42.9 Å². The van der Waals surface area contributed by atoms with Gasteiger partial charge in [-0.15, -0.1) is 0 Å².